The van der Waals surface area contributed by atoms with Gasteiger partial charge in [0, 0.05) is 11.7 Å². The van der Waals surface area contributed by atoms with Gasteiger partial charge in [-0.1, -0.05) is 12.1 Å². The number of aromatic nitrogens is 2. The average molecular weight is 303 g/mol. The molecule has 1 aromatic heterocycles. The van der Waals surface area contributed by atoms with Crippen molar-refractivity contribution in [1.29, 1.82) is 0 Å². The Morgan fingerprint density at radius 3 is 2.95 bits per heavy atom. The van der Waals surface area contributed by atoms with Gasteiger partial charge in [-0.3, -0.25) is 4.79 Å². The molecule has 1 unspecified atom stereocenters. The largest absolute Gasteiger partial charge is 0.344 e. The van der Waals surface area contributed by atoms with Crippen LogP contribution in [0.4, 0.5) is 0 Å². The predicted molar refractivity (Wildman–Crippen MR) is 87.3 cm³/mol. The summed E-state index contributed by atoms with van der Waals surface area (Å²) in [7, 11) is 0. The Hall–Kier alpha value is -1.49. The number of aromatic amines is 1. The first-order valence-corrected chi connectivity index (χ1v) is 8.57. The Labute approximate surface area is 129 Å². The van der Waals surface area contributed by atoms with Crippen LogP contribution in [0.1, 0.15) is 32.5 Å². The van der Waals surface area contributed by atoms with Crippen LogP contribution in [0.3, 0.4) is 0 Å². The fourth-order valence-corrected chi connectivity index (χ4v) is 3.81. The molecule has 0 bridgehead atoms. The minimum atomic E-state index is -0.488. The topological polar surface area (TPSA) is 57.8 Å². The van der Waals surface area contributed by atoms with Gasteiger partial charge in [-0.15, -0.1) is 0 Å². The average Bonchev–Trinajstić information content (AvgIpc) is 2.92. The molecule has 1 aliphatic heterocycles. The zero-order valence-electron chi connectivity index (χ0n) is 12.5. The predicted octanol–water partition coefficient (Wildman–Crippen LogP) is 3.06. The number of nitrogens with zero attached hydrogens (tertiary/aromatic N) is 1. The molecule has 1 amide bonds. The molecule has 1 saturated heterocycles. The first-order valence-electron chi connectivity index (χ1n) is 7.41. The van der Waals surface area contributed by atoms with Gasteiger partial charge in [0.15, 0.2) is 0 Å². The van der Waals surface area contributed by atoms with Crippen molar-refractivity contribution in [2.45, 2.75) is 32.2 Å². The number of nitrogens with one attached hydrogen (secondary N) is 2. The molecule has 5 heteroatoms. The maximum atomic E-state index is 12.4. The number of H-pyrrole nitrogens is 1. The number of benzene rings is 1. The van der Waals surface area contributed by atoms with E-state index in [9.17, 15) is 4.79 Å². The van der Waals surface area contributed by atoms with Crippen molar-refractivity contribution in [2.24, 2.45) is 5.92 Å². The Morgan fingerprint density at radius 1 is 1.43 bits per heavy atom. The summed E-state index contributed by atoms with van der Waals surface area (Å²) in [6.07, 6.45) is 2.13. The van der Waals surface area contributed by atoms with Gasteiger partial charge >= 0.3 is 0 Å². The monoisotopic (exact) mass is 303 g/mol. The lowest BCUT2D eigenvalue weighted by Crippen LogP contribution is -2.45. The molecule has 1 fully saturated rings. The van der Waals surface area contributed by atoms with Crippen LogP contribution in [-0.2, 0) is 10.3 Å². The van der Waals surface area contributed by atoms with Crippen LogP contribution in [0.25, 0.3) is 11.0 Å². The molecule has 2 N–H and O–H groups in total. The molecule has 1 aliphatic rings. The van der Waals surface area contributed by atoms with Gasteiger partial charge in [-0.25, -0.2) is 4.98 Å². The van der Waals surface area contributed by atoms with Gasteiger partial charge in [-0.2, -0.15) is 11.8 Å². The first-order chi connectivity index (χ1) is 10.1. The molecule has 0 saturated carbocycles. The van der Waals surface area contributed by atoms with Crippen LogP contribution in [0.2, 0.25) is 0 Å². The first kappa shape index (κ1) is 14.4. The van der Waals surface area contributed by atoms with Crippen molar-refractivity contribution in [2.75, 3.05) is 11.5 Å². The Bertz CT molecular complexity index is 611. The SMILES string of the molecule is CC(C)(NC(=O)C1CCCSC1)c1nc2ccccc2[nH]1. The molecule has 112 valence electrons. The van der Waals surface area contributed by atoms with Gasteiger partial charge < -0.3 is 10.3 Å². The van der Waals surface area contributed by atoms with E-state index in [1.165, 1.54) is 5.75 Å². The Morgan fingerprint density at radius 2 is 2.24 bits per heavy atom. The molecule has 1 aromatic carbocycles. The molecule has 4 nitrogen and oxygen atoms in total. The number of hydrogen-bond acceptors (Lipinski definition) is 3. The highest BCUT2D eigenvalue weighted by Gasteiger charge is 2.30. The van der Waals surface area contributed by atoms with Crippen molar-refractivity contribution in [3.63, 3.8) is 0 Å². The lowest BCUT2D eigenvalue weighted by Gasteiger charge is -2.28. The van der Waals surface area contributed by atoms with Crippen LogP contribution in [0, 0.1) is 5.92 Å². The number of para-hydroxylation sites is 2. The number of fused-ring (bicyclic) bond motifs is 1. The molecule has 0 spiro atoms. The lowest BCUT2D eigenvalue weighted by atomic mass is 10.00. The van der Waals surface area contributed by atoms with Crippen LogP contribution in [0.15, 0.2) is 24.3 Å². The molecule has 1 atom stereocenters. The van der Waals surface area contributed by atoms with Gasteiger partial charge in [0.25, 0.3) is 0 Å². The normalized spacial score (nSPS) is 19.6. The second-order valence-electron chi connectivity index (χ2n) is 6.13. The summed E-state index contributed by atoms with van der Waals surface area (Å²) in [5, 5.41) is 3.16. The van der Waals surface area contributed by atoms with Gasteiger partial charge in [0.1, 0.15) is 5.82 Å². The van der Waals surface area contributed by atoms with E-state index in [0.29, 0.717) is 0 Å². The lowest BCUT2D eigenvalue weighted by molar-refractivity contribution is -0.126. The molecule has 3 rings (SSSR count). The van der Waals surface area contributed by atoms with E-state index >= 15 is 0 Å². The van der Waals surface area contributed by atoms with Crippen LogP contribution >= 0.6 is 11.8 Å². The quantitative estimate of drug-likeness (QED) is 0.916. The number of amides is 1. The van der Waals surface area contributed by atoms with Crippen molar-refractivity contribution >= 4 is 28.7 Å². The van der Waals surface area contributed by atoms with E-state index in [4.69, 9.17) is 0 Å². The number of hydrogen-bond donors (Lipinski definition) is 2. The number of carbonyl (C=O) groups is 1. The second-order valence-corrected chi connectivity index (χ2v) is 7.28. The third-order valence-corrected chi connectivity index (χ3v) is 5.16. The summed E-state index contributed by atoms with van der Waals surface area (Å²) >= 11 is 1.87. The smallest absolute Gasteiger partial charge is 0.224 e. The van der Waals surface area contributed by atoms with Crippen molar-refractivity contribution in [3.8, 4) is 0 Å². The molecule has 2 heterocycles. The van der Waals surface area contributed by atoms with Gasteiger partial charge in [-0.05, 0) is 44.6 Å². The highest BCUT2D eigenvalue weighted by atomic mass is 32.2. The van der Waals surface area contributed by atoms with Crippen molar-refractivity contribution < 1.29 is 4.79 Å². The molecule has 2 aromatic rings. The van der Waals surface area contributed by atoms with E-state index in [2.05, 4.69) is 15.3 Å². The maximum absolute atomic E-state index is 12.4. The summed E-state index contributed by atoms with van der Waals surface area (Å²) in [5.74, 6) is 3.19. The summed E-state index contributed by atoms with van der Waals surface area (Å²) in [6.45, 7) is 4.00. The summed E-state index contributed by atoms with van der Waals surface area (Å²) in [4.78, 5) is 20.4. The highest BCUT2D eigenvalue weighted by Crippen LogP contribution is 2.25. The summed E-state index contributed by atoms with van der Waals surface area (Å²) in [5.41, 5.74) is 1.45. The summed E-state index contributed by atoms with van der Waals surface area (Å²) in [6, 6.07) is 7.93. The molecular weight excluding hydrogens is 282 g/mol. The number of carbonyl (C=O) groups excluding carboxylic acids is 1. The molecule has 21 heavy (non-hydrogen) atoms. The standard InChI is InChI=1S/C16H21N3OS/c1-16(2,19-14(20)11-6-5-9-21-10-11)15-17-12-7-3-4-8-13(12)18-15/h3-4,7-8,11H,5-6,9-10H2,1-2H3,(H,17,18)(H,19,20). The fraction of sp³-hybridized carbons (Fsp3) is 0.500. The third kappa shape index (κ3) is 3.07. The Kier molecular flexibility index (Phi) is 3.93. The summed E-state index contributed by atoms with van der Waals surface area (Å²) < 4.78 is 0. The van der Waals surface area contributed by atoms with E-state index in [-0.39, 0.29) is 11.8 Å². The Balaban J connectivity index is 1.77. The van der Waals surface area contributed by atoms with Crippen molar-refractivity contribution in [3.05, 3.63) is 30.1 Å². The van der Waals surface area contributed by atoms with Crippen LogP contribution in [0.5, 0.6) is 0 Å². The molecular formula is C16H21N3OS. The maximum Gasteiger partial charge on any atom is 0.224 e. The number of thioether (sulfide) groups is 1. The van der Waals surface area contributed by atoms with Gasteiger partial charge in [0.05, 0.1) is 16.6 Å². The minimum Gasteiger partial charge on any atom is -0.344 e. The number of imidazole rings is 1. The van der Waals surface area contributed by atoms with E-state index in [0.717, 1.165) is 35.5 Å². The molecule has 0 radical (unpaired) electrons. The van der Waals surface area contributed by atoms with Crippen molar-refractivity contribution in [1.82, 2.24) is 15.3 Å². The third-order valence-electron chi connectivity index (χ3n) is 3.95. The zero-order valence-corrected chi connectivity index (χ0v) is 13.3. The second kappa shape index (κ2) is 5.72. The van der Waals surface area contributed by atoms with E-state index < -0.39 is 5.54 Å². The van der Waals surface area contributed by atoms with Crippen LogP contribution in [-0.4, -0.2) is 27.4 Å². The minimum absolute atomic E-state index is 0.132. The zero-order chi connectivity index (χ0) is 14.9. The molecule has 0 aliphatic carbocycles. The van der Waals surface area contributed by atoms with E-state index in [1.54, 1.807) is 0 Å². The fourth-order valence-electron chi connectivity index (χ4n) is 2.67. The number of rotatable bonds is 3. The highest BCUT2D eigenvalue weighted by molar-refractivity contribution is 7.99. The van der Waals surface area contributed by atoms with Gasteiger partial charge in [0.2, 0.25) is 5.91 Å². The van der Waals surface area contributed by atoms with Crippen LogP contribution < -0.4 is 5.32 Å². The van der Waals surface area contributed by atoms with E-state index in [1.807, 2.05) is 49.9 Å².